The van der Waals surface area contributed by atoms with E-state index < -0.39 is 0 Å². The topological polar surface area (TPSA) is 17.1 Å². The zero-order valence-corrected chi connectivity index (χ0v) is 20.6. The zero-order chi connectivity index (χ0) is 21.7. The van der Waals surface area contributed by atoms with Gasteiger partial charge in [0.1, 0.15) is 0 Å². The third-order valence-corrected chi connectivity index (χ3v) is 10.7. The average molecular weight is 411 g/mol. The van der Waals surface area contributed by atoms with Crippen molar-refractivity contribution in [3.8, 4) is 0 Å². The fourth-order valence-corrected chi connectivity index (χ4v) is 8.90. The second-order valence-electron chi connectivity index (χ2n) is 12.2. The summed E-state index contributed by atoms with van der Waals surface area (Å²) in [7, 11) is 0. The van der Waals surface area contributed by atoms with Crippen LogP contribution in [0.15, 0.2) is 23.3 Å². The Labute approximate surface area is 186 Å². The number of hydrogen-bond donors (Lipinski definition) is 0. The van der Waals surface area contributed by atoms with Crippen LogP contribution in [0.5, 0.6) is 0 Å². The molecule has 0 amide bonds. The Bertz CT molecular complexity index is 727. The van der Waals surface area contributed by atoms with E-state index in [2.05, 4.69) is 53.7 Å². The van der Waals surface area contributed by atoms with E-state index in [4.69, 9.17) is 0 Å². The van der Waals surface area contributed by atoms with Crippen molar-refractivity contribution in [2.75, 3.05) is 0 Å². The van der Waals surface area contributed by atoms with Gasteiger partial charge in [-0.3, -0.25) is 4.79 Å². The van der Waals surface area contributed by atoms with Crippen LogP contribution in [0.2, 0.25) is 0 Å². The highest BCUT2D eigenvalue weighted by Crippen LogP contribution is 2.67. The molecule has 4 aliphatic carbocycles. The Morgan fingerprint density at radius 2 is 1.83 bits per heavy atom. The monoisotopic (exact) mass is 410 g/mol. The lowest BCUT2D eigenvalue weighted by atomic mass is 9.46. The Balaban J connectivity index is 1.49. The molecule has 0 radical (unpaired) electrons. The van der Waals surface area contributed by atoms with E-state index in [9.17, 15) is 4.79 Å². The number of allylic oxidation sites excluding steroid dienone is 3. The summed E-state index contributed by atoms with van der Waals surface area (Å²) in [4.78, 5) is 12.1. The molecule has 0 aromatic rings. The van der Waals surface area contributed by atoms with Gasteiger partial charge < -0.3 is 0 Å². The number of carbonyl (C=O) groups is 1. The molecule has 3 saturated carbocycles. The normalized spacial score (nSPS) is 42.4. The molecule has 0 N–H and O–H groups in total. The molecular formula is C29H46O. The van der Waals surface area contributed by atoms with E-state index in [1.54, 1.807) is 5.57 Å². The fourth-order valence-electron chi connectivity index (χ4n) is 8.90. The maximum atomic E-state index is 12.1. The van der Waals surface area contributed by atoms with Gasteiger partial charge in [-0.2, -0.15) is 0 Å². The van der Waals surface area contributed by atoms with Gasteiger partial charge in [-0.05, 0) is 117 Å². The van der Waals surface area contributed by atoms with Crippen molar-refractivity contribution >= 4 is 5.78 Å². The van der Waals surface area contributed by atoms with Crippen molar-refractivity contribution < 1.29 is 4.79 Å². The van der Waals surface area contributed by atoms with Gasteiger partial charge in [0.2, 0.25) is 0 Å². The number of hydrogen-bond acceptors (Lipinski definition) is 1. The fraction of sp³-hybridized carbons (Fsp3) is 0.828. The highest BCUT2D eigenvalue weighted by atomic mass is 16.1. The largest absolute Gasteiger partial charge is 0.295 e. The van der Waals surface area contributed by atoms with Gasteiger partial charge in [0.15, 0.2) is 5.78 Å². The van der Waals surface area contributed by atoms with Gasteiger partial charge >= 0.3 is 0 Å². The SMILES string of the molecule is C/C=C(\CCC(C)[C@H]1CCC2C3CCC4=CC(=O)CC[C@]4(C)C3CC[C@@]21C)C(C)C. The van der Waals surface area contributed by atoms with Crippen LogP contribution in [-0.4, -0.2) is 5.78 Å². The standard InChI is InChI=1S/C29H46O/c1-7-21(19(2)3)9-8-20(4)25-12-13-26-24-11-10-22-18-23(30)14-16-28(22,5)27(24)15-17-29(25,26)6/h7,18-20,24-27H,8-17H2,1-6H3/b21-7+/t20?,24?,25-,26?,27?,28+,29-/m1/s1. The molecule has 3 fully saturated rings. The first-order valence-electron chi connectivity index (χ1n) is 13.1. The molecule has 0 heterocycles. The van der Waals surface area contributed by atoms with E-state index in [1.165, 1.54) is 56.9 Å². The summed E-state index contributed by atoms with van der Waals surface area (Å²) in [6.07, 6.45) is 17.2. The predicted octanol–water partition coefficient (Wildman–Crippen LogP) is 8.15. The van der Waals surface area contributed by atoms with E-state index in [-0.39, 0.29) is 0 Å². The minimum absolute atomic E-state index is 0.319. The van der Waals surface area contributed by atoms with Gasteiger partial charge in [0.25, 0.3) is 0 Å². The predicted molar refractivity (Wildman–Crippen MR) is 127 cm³/mol. The Hall–Kier alpha value is -0.850. The van der Waals surface area contributed by atoms with Gasteiger partial charge in [0.05, 0.1) is 0 Å². The molecule has 30 heavy (non-hydrogen) atoms. The van der Waals surface area contributed by atoms with Crippen LogP contribution in [-0.2, 0) is 4.79 Å². The van der Waals surface area contributed by atoms with Crippen molar-refractivity contribution in [3.63, 3.8) is 0 Å². The van der Waals surface area contributed by atoms with Gasteiger partial charge in [-0.25, -0.2) is 0 Å². The first kappa shape index (κ1) is 22.3. The Morgan fingerprint density at radius 3 is 2.53 bits per heavy atom. The minimum atomic E-state index is 0.319. The lowest BCUT2D eigenvalue weighted by molar-refractivity contribution is -0.117. The second kappa shape index (κ2) is 8.25. The van der Waals surface area contributed by atoms with E-state index in [0.29, 0.717) is 22.5 Å². The quantitative estimate of drug-likeness (QED) is 0.418. The van der Waals surface area contributed by atoms with Crippen LogP contribution in [0.1, 0.15) is 106 Å². The highest BCUT2D eigenvalue weighted by molar-refractivity contribution is 5.91. The molecule has 7 atom stereocenters. The molecule has 1 heteroatoms. The van der Waals surface area contributed by atoms with E-state index in [0.717, 1.165) is 42.4 Å². The second-order valence-corrected chi connectivity index (χ2v) is 12.2. The third kappa shape index (κ3) is 3.57. The number of fused-ring (bicyclic) bond motifs is 5. The van der Waals surface area contributed by atoms with Gasteiger partial charge in [0, 0.05) is 6.42 Å². The van der Waals surface area contributed by atoms with Crippen molar-refractivity contribution in [1.82, 2.24) is 0 Å². The summed E-state index contributed by atoms with van der Waals surface area (Å²) in [5.74, 6) is 5.48. The lowest BCUT2D eigenvalue weighted by Gasteiger charge is -2.58. The maximum absolute atomic E-state index is 12.1. The van der Waals surface area contributed by atoms with Crippen LogP contribution in [0, 0.1) is 46.3 Å². The first-order valence-corrected chi connectivity index (χ1v) is 13.1. The number of carbonyl (C=O) groups excluding carboxylic acids is 1. The molecule has 4 rings (SSSR count). The maximum Gasteiger partial charge on any atom is 0.155 e. The lowest BCUT2D eigenvalue weighted by Crippen LogP contribution is -2.50. The summed E-state index contributed by atoms with van der Waals surface area (Å²) in [6, 6.07) is 0. The Kier molecular flexibility index (Phi) is 6.15. The summed E-state index contributed by atoms with van der Waals surface area (Å²) < 4.78 is 0. The van der Waals surface area contributed by atoms with E-state index >= 15 is 0 Å². The third-order valence-electron chi connectivity index (χ3n) is 10.7. The molecule has 0 aliphatic heterocycles. The number of ketones is 1. The minimum Gasteiger partial charge on any atom is -0.295 e. The molecular weight excluding hydrogens is 364 g/mol. The number of rotatable bonds is 5. The van der Waals surface area contributed by atoms with Crippen LogP contribution in [0.25, 0.3) is 0 Å². The smallest absolute Gasteiger partial charge is 0.155 e. The summed E-state index contributed by atoms with van der Waals surface area (Å²) >= 11 is 0. The van der Waals surface area contributed by atoms with E-state index in [1.807, 2.05) is 0 Å². The highest BCUT2D eigenvalue weighted by Gasteiger charge is 2.59. The van der Waals surface area contributed by atoms with Gasteiger partial charge in [-0.1, -0.05) is 51.8 Å². The zero-order valence-electron chi connectivity index (χ0n) is 20.6. The van der Waals surface area contributed by atoms with Crippen LogP contribution in [0.4, 0.5) is 0 Å². The molecule has 0 saturated heterocycles. The van der Waals surface area contributed by atoms with Crippen molar-refractivity contribution in [3.05, 3.63) is 23.3 Å². The van der Waals surface area contributed by atoms with Gasteiger partial charge in [-0.15, -0.1) is 0 Å². The van der Waals surface area contributed by atoms with Crippen molar-refractivity contribution in [2.24, 2.45) is 46.3 Å². The van der Waals surface area contributed by atoms with Crippen LogP contribution < -0.4 is 0 Å². The molecule has 4 aliphatic rings. The summed E-state index contributed by atoms with van der Waals surface area (Å²) in [5, 5.41) is 0. The average Bonchev–Trinajstić information content (AvgIpc) is 3.06. The summed E-state index contributed by atoms with van der Waals surface area (Å²) in [6.45, 7) is 14.7. The molecule has 0 bridgehead atoms. The first-order chi connectivity index (χ1) is 14.2. The molecule has 0 aromatic heterocycles. The molecule has 1 nitrogen and oxygen atoms in total. The molecule has 0 spiro atoms. The Morgan fingerprint density at radius 1 is 1.07 bits per heavy atom. The molecule has 168 valence electrons. The van der Waals surface area contributed by atoms with Crippen LogP contribution >= 0.6 is 0 Å². The van der Waals surface area contributed by atoms with Crippen molar-refractivity contribution in [2.45, 2.75) is 106 Å². The molecule has 4 unspecified atom stereocenters. The molecule has 0 aromatic carbocycles. The summed E-state index contributed by atoms with van der Waals surface area (Å²) in [5.41, 5.74) is 4.03. The van der Waals surface area contributed by atoms with Crippen molar-refractivity contribution in [1.29, 1.82) is 0 Å². The van der Waals surface area contributed by atoms with Crippen LogP contribution in [0.3, 0.4) is 0 Å².